The van der Waals surface area contributed by atoms with Crippen LogP contribution in [0.2, 0.25) is 0 Å². The second-order valence-corrected chi connectivity index (χ2v) is 7.93. The number of piperidine rings is 1. The summed E-state index contributed by atoms with van der Waals surface area (Å²) in [4.78, 5) is 6.63. The molecule has 1 heterocycles. The lowest BCUT2D eigenvalue weighted by molar-refractivity contribution is 0.169. The van der Waals surface area contributed by atoms with Crippen LogP contribution in [0.1, 0.15) is 56.9 Å². The molecule has 0 aromatic heterocycles. The number of nitrogens with two attached hydrogens (primary N) is 3. The molecule has 1 aliphatic rings. The van der Waals surface area contributed by atoms with Gasteiger partial charge in [-0.25, -0.2) is 0 Å². The molecule has 1 aromatic carbocycles. The Kier molecular flexibility index (Phi) is 19.6. The van der Waals surface area contributed by atoms with Crippen LogP contribution >= 0.6 is 37.2 Å². The van der Waals surface area contributed by atoms with Crippen LogP contribution in [0.3, 0.4) is 0 Å². The lowest BCUT2D eigenvalue weighted by Gasteiger charge is -2.32. The first-order chi connectivity index (χ1) is 14.0. The van der Waals surface area contributed by atoms with E-state index in [1.165, 1.54) is 58.2 Å². The first kappa shape index (κ1) is 32.8. The summed E-state index contributed by atoms with van der Waals surface area (Å²) in [5.41, 5.74) is 16.8. The third-order valence-corrected chi connectivity index (χ3v) is 5.57. The molecule has 0 unspecified atom stereocenters. The van der Waals surface area contributed by atoms with E-state index in [-0.39, 0.29) is 49.0 Å². The van der Waals surface area contributed by atoms with Gasteiger partial charge in [-0.05, 0) is 88.3 Å². The van der Waals surface area contributed by atoms with Crippen molar-refractivity contribution in [2.24, 2.45) is 28.1 Å². The Morgan fingerprint density at radius 3 is 2.16 bits per heavy atom. The van der Waals surface area contributed by atoms with Gasteiger partial charge in [-0.15, -0.1) is 37.2 Å². The van der Waals surface area contributed by atoms with E-state index in [9.17, 15) is 0 Å². The van der Waals surface area contributed by atoms with E-state index in [0.29, 0.717) is 0 Å². The first-order valence-electron chi connectivity index (χ1n) is 10.9. The number of nitrogen functional groups attached to an aromatic ring is 1. The molecule has 0 radical (unpaired) electrons. The molecule has 0 saturated carbocycles. The number of ether oxygens (including phenoxy) is 1. The van der Waals surface area contributed by atoms with Crippen molar-refractivity contribution in [2.75, 3.05) is 32.8 Å². The fourth-order valence-electron chi connectivity index (χ4n) is 3.80. The van der Waals surface area contributed by atoms with Crippen LogP contribution in [-0.4, -0.2) is 49.5 Å². The maximum absolute atomic E-state index is 7.41. The molecule has 7 nitrogen and oxygen atoms in total. The van der Waals surface area contributed by atoms with Crippen molar-refractivity contribution < 1.29 is 4.74 Å². The molecule has 0 bridgehead atoms. The topological polar surface area (TPSA) is 127 Å². The molecule has 0 aliphatic carbocycles. The Morgan fingerprint density at radius 2 is 1.56 bits per heavy atom. The van der Waals surface area contributed by atoms with Gasteiger partial charge >= 0.3 is 0 Å². The summed E-state index contributed by atoms with van der Waals surface area (Å²) in [5, 5.41) is 7.41. The molecule has 1 fully saturated rings. The van der Waals surface area contributed by atoms with E-state index in [4.69, 9.17) is 27.3 Å². The van der Waals surface area contributed by atoms with Gasteiger partial charge in [0.15, 0.2) is 5.96 Å². The average molecular weight is 512 g/mol. The van der Waals surface area contributed by atoms with E-state index < -0.39 is 0 Å². The summed E-state index contributed by atoms with van der Waals surface area (Å²) in [7, 11) is 0. The summed E-state index contributed by atoms with van der Waals surface area (Å²) in [6.07, 6.45) is 9.73. The van der Waals surface area contributed by atoms with E-state index in [2.05, 4.69) is 9.89 Å². The maximum atomic E-state index is 7.41. The minimum atomic E-state index is 0. The van der Waals surface area contributed by atoms with Gasteiger partial charge in [0.2, 0.25) is 0 Å². The summed E-state index contributed by atoms with van der Waals surface area (Å²) < 4.78 is 5.82. The largest absolute Gasteiger partial charge is 0.494 e. The van der Waals surface area contributed by atoms with Crippen molar-refractivity contribution in [1.82, 2.24) is 4.90 Å². The smallest absolute Gasteiger partial charge is 0.185 e. The van der Waals surface area contributed by atoms with Gasteiger partial charge in [0, 0.05) is 12.1 Å². The highest BCUT2D eigenvalue weighted by atomic mass is 35.5. The number of unbranched alkanes of at least 4 members (excludes halogenated alkanes) is 3. The zero-order valence-electron chi connectivity index (χ0n) is 18.8. The minimum absolute atomic E-state index is 0. The molecule has 0 spiro atoms. The minimum Gasteiger partial charge on any atom is -0.494 e. The van der Waals surface area contributed by atoms with E-state index in [1.54, 1.807) is 0 Å². The van der Waals surface area contributed by atoms with Crippen LogP contribution in [0.5, 0.6) is 5.75 Å². The molecule has 2 rings (SSSR count). The highest BCUT2D eigenvalue weighted by Crippen LogP contribution is 2.22. The molecule has 7 N–H and O–H groups in total. The standard InChI is InChI=1S/C22H38N6O.3ClH/c23-21(24)19-7-9-20(10-8-19)29-17-5-6-18-11-15-28(16-12-18)14-4-2-1-3-13-27-22(25)26;;;/h7-10,18H,1-6,11-17H2,(H3,23,24)(H4,25,26,27);3*1H. The Hall–Kier alpha value is -1.41. The van der Waals surface area contributed by atoms with Gasteiger partial charge in [0.05, 0.1) is 6.61 Å². The highest BCUT2D eigenvalue weighted by Gasteiger charge is 2.18. The van der Waals surface area contributed by atoms with Gasteiger partial charge in [0.1, 0.15) is 11.6 Å². The van der Waals surface area contributed by atoms with Gasteiger partial charge in [0.25, 0.3) is 0 Å². The number of nitrogens with zero attached hydrogens (tertiary/aromatic N) is 2. The van der Waals surface area contributed by atoms with Crippen LogP contribution in [0.15, 0.2) is 29.3 Å². The number of amidine groups is 1. The highest BCUT2D eigenvalue weighted by molar-refractivity contribution is 5.94. The molecule has 186 valence electrons. The number of aliphatic imine (C=N–C) groups is 1. The average Bonchev–Trinajstić information content (AvgIpc) is 2.71. The number of halogens is 3. The normalized spacial score (nSPS) is 13.8. The summed E-state index contributed by atoms with van der Waals surface area (Å²) >= 11 is 0. The van der Waals surface area contributed by atoms with Gasteiger partial charge in [-0.1, -0.05) is 12.8 Å². The number of guanidine groups is 1. The Bertz CT molecular complexity index is 633. The lowest BCUT2D eigenvalue weighted by Crippen LogP contribution is -2.34. The first-order valence-corrected chi connectivity index (χ1v) is 10.9. The molecular formula is C22H41Cl3N6O. The molecule has 10 heteroatoms. The number of rotatable bonds is 13. The molecule has 32 heavy (non-hydrogen) atoms. The van der Waals surface area contributed by atoms with Crippen LogP contribution in [0.4, 0.5) is 0 Å². The third kappa shape index (κ3) is 13.9. The van der Waals surface area contributed by atoms with Crippen LogP contribution < -0.4 is 21.9 Å². The summed E-state index contributed by atoms with van der Waals surface area (Å²) in [5.74, 6) is 1.96. The Morgan fingerprint density at radius 1 is 0.938 bits per heavy atom. The van der Waals surface area contributed by atoms with E-state index in [0.717, 1.165) is 43.2 Å². The molecule has 0 amide bonds. The molecule has 1 aromatic rings. The molecule has 0 atom stereocenters. The number of likely N-dealkylation sites (tertiary alicyclic amines) is 1. The van der Waals surface area contributed by atoms with Gasteiger partial charge < -0.3 is 26.8 Å². The fraction of sp³-hybridized carbons (Fsp3) is 0.636. The van der Waals surface area contributed by atoms with Crippen molar-refractivity contribution >= 4 is 49.0 Å². The van der Waals surface area contributed by atoms with Gasteiger partial charge in [-0.3, -0.25) is 10.4 Å². The van der Waals surface area contributed by atoms with Crippen molar-refractivity contribution in [3.8, 4) is 5.75 Å². The predicted octanol–water partition coefficient (Wildman–Crippen LogP) is 3.94. The Labute approximate surface area is 211 Å². The van der Waals surface area contributed by atoms with Crippen LogP contribution in [0, 0.1) is 11.3 Å². The van der Waals surface area contributed by atoms with E-state index in [1.807, 2.05) is 24.3 Å². The second kappa shape index (κ2) is 19.1. The van der Waals surface area contributed by atoms with Gasteiger partial charge in [-0.2, -0.15) is 0 Å². The fourth-order valence-corrected chi connectivity index (χ4v) is 3.80. The number of hydrogen-bond donors (Lipinski definition) is 4. The van der Waals surface area contributed by atoms with Crippen LogP contribution in [-0.2, 0) is 0 Å². The second-order valence-electron chi connectivity index (χ2n) is 7.93. The van der Waals surface area contributed by atoms with Crippen LogP contribution in [0.25, 0.3) is 0 Å². The predicted molar refractivity (Wildman–Crippen MR) is 142 cm³/mol. The quantitative estimate of drug-likeness (QED) is 0.181. The van der Waals surface area contributed by atoms with Crippen molar-refractivity contribution in [2.45, 2.75) is 51.4 Å². The van der Waals surface area contributed by atoms with Crippen molar-refractivity contribution in [3.05, 3.63) is 29.8 Å². The lowest BCUT2D eigenvalue weighted by atomic mass is 9.92. The monoisotopic (exact) mass is 510 g/mol. The summed E-state index contributed by atoms with van der Waals surface area (Å²) in [6, 6.07) is 7.43. The van der Waals surface area contributed by atoms with Crippen molar-refractivity contribution in [3.63, 3.8) is 0 Å². The zero-order chi connectivity index (χ0) is 20.9. The molecule has 1 aliphatic heterocycles. The summed E-state index contributed by atoms with van der Waals surface area (Å²) in [6.45, 7) is 5.17. The maximum Gasteiger partial charge on any atom is 0.185 e. The molecule has 1 saturated heterocycles. The molecular weight excluding hydrogens is 471 g/mol. The number of nitrogens with one attached hydrogen (secondary N) is 1. The van der Waals surface area contributed by atoms with E-state index >= 15 is 0 Å². The SMILES string of the molecule is Cl.Cl.Cl.N=C(N)c1ccc(OCCCC2CCN(CCCCCCN=C(N)N)CC2)cc1. The number of hydrogen-bond acceptors (Lipinski definition) is 4. The van der Waals surface area contributed by atoms with Crippen molar-refractivity contribution in [1.29, 1.82) is 5.41 Å². The number of benzene rings is 1. The zero-order valence-corrected chi connectivity index (χ0v) is 21.3. The third-order valence-electron chi connectivity index (χ3n) is 5.57. The Balaban J connectivity index is 0.